The number of benzene rings is 4. The van der Waals surface area contributed by atoms with Gasteiger partial charge in [-0.2, -0.15) is 0 Å². The van der Waals surface area contributed by atoms with E-state index in [0.717, 1.165) is 27.5 Å². The molecule has 8 heteroatoms. The van der Waals surface area contributed by atoms with Gasteiger partial charge in [-0.15, -0.1) is 0 Å². The number of nitrogens with two attached hydrogens (primary N) is 1. The molecule has 1 unspecified atom stereocenters. The van der Waals surface area contributed by atoms with Crippen LogP contribution in [0.15, 0.2) is 120 Å². The summed E-state index contributed by atoms with van der Waals surface area (Å²) in [6.07, 6.45) is 2.17. The lowest BCUT2D eigenvalue weighted by Crippen LogP contribution is -2.29. The number of likely N-dealkylation sites (N-methyl/N-ethyl adjacent to an activating group) is 1. The Morgan fingerprint density at radius 1 is 0.872 bits per heavy atom. The molecule has 39 heavy (non-hydrogen) atoms. The molecule has 3 N–H and O–H groups in total. The summed E-state index contributed by atoms with van der Waals surface area (Å²) in [5.41, 5.74) is 8.37. The van der Waals surface area contributed by atoms with Gasteiger partial charge in [-0.1, -0.05) is 84.9 Å². The van der Waals surface area contributed by atoms with Crippen LogP contribution in [0.2, 0.25) is 0 Å². The van der Waals surface area contributed by atoms with Crippen LogP contribution in [0.5, 0.6) is 5.75 Å². The van der Waals surface area contributed by atoms with E-state index >= 15 is 0 Å². The van der Waals surface area contributed by atoms with E-state index in [9.17, 15) is 13.2 Å². The summed E-state index contributed by atoms with van der Waals surface area (Å²) in [6.45, 7) is 0. The maximum Gasteiger partial charge on any atom is 0.265 e. The highest BCUT2D eigenvalue weighted by Gasteiger charge is 2.21. The van der Waals surface area contributed by atoms with E-state index in [0.29, 0.717) is 16.5 Å². The number of hydrogen-bond acceptors (Lipinski definition) is 6. The number of ether oxygens (including phenoxy) is 1. The van der Waals surface area contributed by atoms with Crippen LogP contribution < -0.4 is 15.8 Å². The van der Waals surface area contributed by atoms with Gasteiger partial charge in [0.1, 0.15) is 11.6 Å². The van der Waals surface area contributed by atoms with Crippen molar-refractivity contribution in [3.8, 4) is 16.9 Å². The summed E-state index contributed by atoms with van der Waals surface area (Å²) >= 11 is 0. The Bertz CT molecular complexity index is 1670. The molecule has 1 atom stereocenters. The molecule has 0 spiro atoms. The Balaban J connectivity index is 0.000000193. The van der Waals surface area contributed by atoms with E-state index in [1.54, 1.807) is 31.4 Å². The first-order valence-corrected chi connectivity index (χ1v) is 14.1. The summed E-state index contributed by atoms with van der Waals surface area (Å²) in [4.78, 5) is 16.6. The number of amides is 1. The molecule has 198 valence electrons. The molecule has 0 radical (unpaired) electrons. The second kappa shape index (κ2) is 12.2. The molecular formula is C31H29N3O4S. The van der Waals surface area contributed by atoms with Crippen LogP contribution in [0.1, 0.15) is 11.7 Å². The first-order valence-electron chi connectivity index (χ1n) is 12.2. The number of pyridine rings is 1. The predicted octanol–water partition coefficient (Wildman–Crippen LogP) is 5.44. The van der Waals surface area contributed by atoms with Crippen molar-refractivity contribution in [1.82, 2.24) is 10.3 Å². The zero-order valence-electron chi connectivity index (χ0n) is 21.6. The van der Waals surface area contributed by atoms with Crippen molar-refractivity contribution in [2.75, 3.05) is 19.0 Å². The zero-order chi connectivity index (χ0) is 27.8. The Morgan fingerprint density at radius 3 is 2.18 bits per heavy atom. The summed E-state index contributed by atoms with van der Waals surface area (Å²) < 4.78 is 29.2. The monoisotopic (exact) mass is 539 g/mol. The van der Waals surface area contributed by atoms with Crippen molar-refractivity contribution >= 4 is 32.3 Å². The highest BCUT2D eigenvalue weighted by atomic mass is 32.2. The minimum Gasteiger partial charge on any atom is -0.476 e. The molecule has 0 aliphatic rings. The fraction of sp³-hybridized carbons (Fsp3) is 0.0968. The zero-order valence-corrected chi connectivity index (χ0v) is 22.4. The quantitative estimate of drug-likeness (QED) is 0.297. The number of aromatic nitrogens is 1. The number of nitrogens with one attached hydrogen (secondary N) is 1. The smallest absolute Gasteiger partial charge is 0.265 e. The SMILES string of the molecule is CNC(=O)C(Oc1ccc2ccnc(N)c2c1)c1ccccc1.CS(=O)(=O)c1ccccc1-c1ccccc1. The third kappa shape index (κ3) is 6.80. The molecule has 5 aromatic rings. The standard InChI is InChI=1S/C18H17N3O2.C13H12O2S/c1-20-18(22)16(13-5-3-2-4-6-13)23-14-8-7-12-9-10-21-17(19)15(12)11-14;1-16(14,15)13-10-6-5-9-12(13)11-7-3-2-4-8-11/h2-11,16H,1H3,(H2,19,21)(H,20,22);2-10H,1H3. The van der Waals surface area contributed by atoms with Gasteiger partial charge < -0.3 is 15.8 Å². The Labute approximate surface area is 228 Å². The van der Waals surface area contributed by atoms with E-state index in [2.05, 4.69) is 10.3 Å². The third-order valence-corrected chi connectivity index (χ3v) is 7.14. The van der Waals surface area contributed by atoms with Crippen LogP contribution in [0, 0.1) is 0 Å². The van der Waals surface area contributed by atoms with Crippen LogP contribution in [0.4, 0.5) is 5.82 Å². The molecular weight excluding hydrogens is 510 g/mol. The maximum absolute atomic E-state index is 12.2. The molecule has 0 aliphatic carbocycles. The lowest BCUT2D eigenvalue weighted by molar-refractivity contribution is -0.127. The number of fused-ring (bicyclic) bond motifs is 1. The summed E-state index contributed by atoms with van der Waals surface area (Å²) in [5, 5.41) is 4.40. The second-order valence-corrected chi connectivity index (χ2v) is 10.7. The molecule has 1 amide bonds. The number of rotatable bonds is 6. The second-order valence-electron chi connectivity index (χ2n) is 8.74. The van der Waals surface area contributed by atoms with Gasteiger partial charge in [0.25, 0.3) is 5.91 Å². The molecule has 5 rings (SSSR count). The van der Waals surface area contributed by atoms with Crippen LogP contribution in [-0.2, 0) is 14.6 Å². The van der Waals surface area contributed by atoms with Gasteiger partial charge in [0.2, 0.25) is 6.10 Å². The van der Waals surface area contributed by atoms with E-state index in [4.69, 9.17) is 10.5 Å². The Hall–Kier alpha value is -4.69. The molecule has 4 aromatic carbocycles. The number of nitrogen functional groups attached to an aromatic ring is 1. The van der Waals surface area contributed by atoms with Gasteiger partial charge in [-0.3, -0.25) is 4.79 Å². The molecule has 7 nitrogen and oxygen atoms in total. The van der Waals surface area contributed by atoms with E-state index in [-0.39, 0.29) is 5.91 Å². The number of carbonyl (C=O) groups is 1. The average Bonchev–Trinajstić information content (AvgIpc) is 2.97. The molecule has 0 saturated carbocycles. The fourth-order valence-electron chi connectivity index (χ4n) is 4.06. The highest BCUT2D eigenvalue weighted by Crippen LogP contribution is 2.28. The third-order valence-electron chi connectivity index (χ3n) is 5.98. The minimum absolute atomic E-state index is 0.213. The molecule has 1 aromatic heterocycles. The fourth-order valence-corrected chi connectivity index (χ4v) is 4.97. The lowest BCUT2D eigenvalue weighted by Gasteiger charge is -2.18. The minimum atomic E-state index is -3.18. The molecule has 0 aliphatic heterocycles. The average molecular weight is 540 g/mol. The van der Waals surface area contributed by atoms with Gasteiger partial charge in [0, 0.05) is 36.0 Å². The molecule has 0 saturated heterocycles. The summed E-state index contributed by atoms with van der Waals surface area (Å²) in [6, 6.07) is 33.3. The molecule has 0 fully saturated rings. The van der Waals surface area contributed by atoms with Gasteiger partial charge >= 0.3 is 0 Å². The van der Waals surface area contributed by atoms with E-state index in [1.807, 2.05) is 91.0 Å². The molecule has 1 heterocycles. The Kier molecular flexibility index (Phi) is 8.58. The van der Waals surface area contributed by atoms with Crippen LogP contribution in [-0.4, -0.2) is 32.6 Å². The van der Waals surface area contributed by atoms with Crippen molar-refractivity contribution in [3.05, 3.63) is 121 Å². The van der Waals surface area contributed by atoms with Crippen molar-refractivity contribution in [3.63, 3.8) is 0 Å². The van der Waals surface area contributed by atoms with Crippen molar-refractivity contribution < 1.29 is 17.9 Å². The largest absolute Gasteiger partial charge is 0.476 e. The van der Waals surface area contributed by atoms with Crippen LogP contribution in [0.3, 0.4) is 0 Å². The topological polar surface area (TPSA) is 111 Å². The van der Waals surface area contributed by atoms with E-state index in [1.165, 1.54) is 6.26 Å². The normalized spacial score (nSPS) is 11.6. The number of carbonyl (C=O) groups excluding carboxylic acids is 1. The van der Waals surface area contributed by atoms with Crippen LogP contribution >= 0.6 is 0 Å². The van der Waals surface area contributed by atoms with Gasteiger partial charge in [0.15, 0.2) is 9.84 Å². The number of nitrogens with zero attached hydrogens (tertiary/aromatic N) is 1. The first-order chi connectivity index (χ1) is 18.8. The number of hydrogen-bond donors (Lipinski definition) is 2. The summed E-state index contributed by atoms with van der Waals surface area (Å²) in [5.74, 6) is 0.786. The lowest BCUT2D eigenvalue weighted by atomic mass is 10.1. The van der Waals surface area contributed by atoms with Crippen molar-refractivity contribution in [2.24, 2.45) is 0 Å². The maximum atomic E-state index is 12.2. The summed E-state index contributed by atoms with van der Waals surface area (Å²) in [7, 11) is -1.59. The van der Waals surface area contributed by atoms with Crippen LogP contribution in [0.25, 0.3) is 21.9 Å². The molecule has 0 bridgehead atoms. The van der Waals surface area contributed by atoms with Crippen molar-refractivity contribution in [2.45, 2.75) is 11.0 Å². The number of anilines is 1. The van der Waals surface area contributed by atoms with Crippen molar-refractivity contribution in [1.29, 1.82) is 0 Å². The van der Waals surface area contributed by atoms with Gasteiger partial charge in [0.05, 0.1) is 4.90 Å². The number of sulfone groups is 1. The predicted molar refractivity (Wildman–Crippen MR) is 155 cm³/mol. The van der Waals surface area contributed by atoms with E-state index < -0.39 is 15.9 Å². The first kappa shape index (κ1) is 27.3. The van der Waals surface area contributed by atoms with Gasteiger partial charge in [-0.25, -0.2) is 13.4 Å². The van der Waals surface area contributed by atoms with Gasteiger partial charge in [-0.05, 0) is 35.2 Å². The highest BCUT2D eigenvalue weighted by molar-refractivity contribution is 7.90. The Morgan fingerprint density at radius 2 is 1.51 bits per heavy atom.